The van der Waals surface area contributed by atoms with E-state index in [1.54, 1.807) is 20.8 Å². The van der Waals surface area contributed by atoms with Crippen LogP contribution in [0.4, 0.5) is 4.39 Å². The second kappa shape index (κ2) is 2.44. The molecule has 0 aliphatic carbocycles. The number of nitrogens with two attached hydrogens (primary N) is 1. The lowest BCUT2D eigenvalue weighted by Gasteiger charge is -2.20. The zero-order valence-electron chi connectivity index (χ0n) is 5.74. The van der Waals surface area contributed by atoms with Crippen LogP contribution in [-0.2, 0) is 0 Å². The van der Waals surface area contributed by atoms with E-state index in [0.717, 1.165) is 0 Å². The maximum atomic E-state index is 12.7. The summed E-state index contributed by atoms with van der Waals surface area (Å²) in [7, 11) is 0. The molecule has 0 saturated heterocycles. The molecule has 2 heteroatoms. The normalized spacial score (nSPS) is 16.1. The van der Waals surface area contributed by atoms with Crippen LogP contribution in [0.15, 0.2) is 0 Å². The Morgan fingerprint density at radius 2 is 2.00 bits per heavy atom. The number of hydrogen-bond donors (Lipinski definition) is 1. The summed E-state index contributed by atoms with van der Waals surface area (Å²) in [5.74, 6) is -0.0394. The highest BCUT2D eigenvalue weighted by Gasteiger charge is 2.22. The van der Waals surface area contributed by atoms with E-state index in [0.29, 0.717) is 6.54 Å². The topological polar surface area (TPSA) is 26.0 Å². The molecule has 0 fully saturated rings. The summed E-state index contributed by atoms with van der Waals surface area (Å²) < 4.78 is 12.7. The molecule has 1 atom stereocenters. The average molecular weight is 119 g/mol. The number of rotatable bonds is 2. The molecule has 0 radical (unpaired) electrons. The fraction of sp³-hybridized carbons (Fsp3) is 1.00. The van der Waals surface area contributed by atoms with Gasteiger partial charge in [0, 0.05) is 5.92 Å². The smallest absolute Gasteiger partial charge is 0.109 e. The first-order valence-corrected chi connectivity index (χ1v) is 2.87. The summed E-state index contributed by atoms with van der Waals surface area (Å²) in [5, 5.41) is 0. The Kier molecular flexibility index (Phi) is 2.41. The third kappa shape index (κ3) is 2.26. The summed E-state index contributed by atoms with van der Waals surface area (Å²) in [6.07, 6.45) is 0. The molecule has 0 heterocycles. The van der Waals surface area contributed by atoms with Gasteiger partial charge in [-0.3, -0.25) is 0 Å². The molecule has 0 bridgehead atoms. The van der Waals surface area contributed by atoms with Crippen molar-refractivity contribution in [3.63, 3.8) is 0 Å². The van der Waals surface area contributed by atoms with Crippen molar-refractivity contribution in [3.8, 4) is 0 Å². The molecule has 0 aromatic heterocycles. The largest absolute Gasteiger partial charge is 0.330 e. The minimum absolute atomic E-state index is 0.0394. The van der Waals surface area contributed by atoms with E-state index < -0.39 is 5.67 Å². The molecule has 0 aliphatic rings. The first kappa shape index (κ1) is 7.89. The average Bonchev–Trinajstić information content (AvgIpc) is 1.62. The summed E-state index contributed by atoms with van der Waals surface area (Å²) >= 11 is 0. The van der Waals surface area contributed by atoms with E-state index in [1.807, 2.05) is 0 Å². The Morgan fingerprint density at radius 3 is 2.00 bits per heavy atom. The Labute approximate surface area is 50.1 Å². The third-order valence-electron chi connectivity index (χ3n) is 1.53. The first-order chi connectivity index (χ1) is 3.48. The van der Waals surface area contributed by atoms with Crippen molar-refractivity contribution in [2.45, 2.75) is 26.4 Å². The summed E-state index contributed by atoms with van der Waals surface area (Å²) in [6, 6.07) is 0. The van der Waals surface area contributed by atoms with Crippen molar-refractivity contribution in [1.82, 2.24) is 0 Å². The number of halogens is 1. The minimum Gasteiger partial charge on any atom is -0.330 e. The van der Waals surface area contributed by atoms with Gasteiger partial charge in [-0.1, -0.05) is 6.92 Å². The fourth-order valence-electron chi connectivity index (χ4n) is 0.280. The van der Waals surface area contributed by atoms with E-state index in [9.17, 15) is 4.39 Å². The molecule has 1 unspecified atom stereocenters. The lowest BCUT2D eigenvalue weighted by Crippen LogP contribution is -2.29. The number of alkyl halides is 1. The van der Waals surface area contributed by atoms with Gasteiger partial charge < -0.3 is 5.73 Å². The highest BCUT2D eigenvalue weighted by atomic mass is 19.1. The van der Waals surface area contributed by atoms with Gasteiger partial charge in [0.2, 0.25) is 0 Å². The van der Waals surface area contributed by atoms with Crippen LogP contribution in [0.2, 0.25) is 0 Å². The molecule has 8 heavy (non-hydrogen) atoms. The van der Waals surface area contributed by atoms with Gasteiger partial charge >= 0.3 is 0 Å². The van der Waals surface area contributed by atoms with E-state index in [1.165, 1.54) is 0 Å². The molecule has 0 aromatic rings. The van der Waals surface area contributed by atoms with Gasteiger partial charge in [-0.15, -0.1) is 0 Å². The van der Waals surface area contributed by atoms with Crippen molar-refractivity contribution < 1.29 is 4.39 Å². The van der Waals surface area contributed by atoms with Gasteiger partial charge in [-0.2, -0.15) is 0 Å². The van der Waals surface area contributed by atoms with Crippen LogP contribution < -0.4 is 5.73 Å². The molecule has 0 aromatic carbocycles. The predicted molar refractivity (Wildman–Crippen MR) is 33.4 cm³/mol. The first-order valence-electron chi connectivity index (χ1n) is 2.87. The predicted octanol–water partition coefficient (Wildman–Crippen LogP) is 1.33. The highest BCUT2D eigenvalue weighted by molar-refractivity contribution is 4.73. The van der Waals surface area contributed by atoms with Crippen molar-refractivity contribution in [1.29, 1.82) is 0 Å². The van der Waals surface area contributed by atoms with Gasteiger partial charge in [0.25, 0.3) is 0 Å². The van der Waals surface area contributed by atoms with Crippen molar-refractivity contribution >= 4 is 0 Å². The monoisotopic (exact) mass is 119 g/mol. The molecule has 1 nitrogen and oxygen atoms in total. The minimum atomic E-state index is -1.12. The van der Waals surface area contributed by atoms with Crippen molar-refractivity contribution in [3.05, 3.63) is 0 Å². The van der Waals surface area contributed by atoms with Crippen LogP contribution in [0.5, 0.6) is 0 Å². The second-order valence-corrected chi connectivity index (χ2v) is 2.70. The maximum Gasteiger partial charge on any atom is 0.109 e. The molecular formula is C6H14FN. The molecule has 0 saturated carbocycles. The molecule has 0 rings (SSSR count). The Balaban J connectivity index is 3.62. The van der Waals surface area contributed by atoms with E-state index in [2.05, 4.69) is 0 Å². The van der Waals surface area contributed by atoms with Gasteiger partial charge in [0.05, 0.1) is 0 Å². The zero-order valence-corrected chi connectivity index (χ0v) is 5.74. The van der Waals surface area contributed by atoms with Gasteiger partial charge in [0.15, 0.2) is 0 Å². The quantitative estimate of drug-likeness (QED) is 0.583. The summed E-state index contributed by atoms with van der Waals surface area (Å²) in [4.78, 5) is 0. The fourth-order valence-corrected chi connectivity index (χ4v) is 0.280. The summed E-state index contributed by atoms with van der Waals surface area (Å²) in [6.45, 7) is 5.32. The van der Waals surface area contributed by atoms with Gasteiger partial charge in [0.1, 0.15) is 5.67 Å². The Hall–Kier alpha value is -0.110. The van der Waals surface area contributed by atoms with E-state index >= 15 is 0 Å². The Bertz CT molecular complexity index is 65.4. The van der Waals surface area contributed by atoms with Gasteiger partial charge in [-0.25, -0.2) is 4.39 Å². The van der Waals surface area contributed by atoms with Crippen LogP contribution >= 0.6 is 0 Å². The molecule has 0 spiro atoms. The highest BCUT2D eigenvalue weighted by Crippen LogP contribution is 2.18. The van der Waals surface area contributed by atoms with Crippen LogP contribution in [-0.4, -0.2) is 12.2 Å². The van der Waals surface area contributed by atoms with Crippen LogP contribution in [0.1, 0.15) is 20.8 Å². The lowest BCUT2D eigenvalue weighted by atomic mass is 9.95. The van der Waals surface area contributed by atoms with Crippen LogP contribution in [0, 0.1) is 5.92 Å². The maximum absolute atomic E-state index is 12.7. The second-order valence-electron chi connectivity index (χ2n) is 2.70. The summed E-state index contributed by atoms with van der Waals surface area (Å²) in [5.41, 5.74) is 4.10. The molecule has 50 valence electrons. The number of hydrogen-bond acceptors (Lipinski definition) is 1. The molecular weight excluding hydrogens is 105 g/mol. The van der Waals surface area contributed by atoms with Crippen LogP contribution in [0.25, 0.3) is 0 Å². The zero-order chi connectivity index (χ0) is 6.78. The molecule has 2 N–H and O–H groups in total. The van der Waals surface area contributed by atoms with Crippen molar-refractivity contribution in [2.75, 3.05) is 6.54 Å². The van der Waals surface area contributed by atoms with Crippen LogP contribution in [0.3, 0.4) is 0 Å². The van der Waals surface area contributed by atoms with Crippen molar-refractivity contribution in [2.24, 2.45) is 11.7 Å². The Morgan fingerprint density at radius 1 is 1.62 bits per heavy atom. The van der Waals surface area contributed by atoms with E-state index in [4.69, 9.17) is 5.73 Å². The molecule has 0 aliphatic heterocycles. The van der Waals surface area contributed by atoms with Gasteiger partial charge in [-0.05, 0) is 20.4 Å². The standard InChI is InChI=1S/C6H14FN/c1-5(4-8)6(2,3)7/h5H,4,8H2,1-3H3. The third-order valence-corrected chi connectivity index (χ3v) is 1.53. The SMILES string of the molecule is CC(CN)C(C)(C)F. The molecule has 0 amide bonds. The lowest BCUT2D eigenvalue weighted by molar-refractivity contribution is 0.141. The van der Waals surface area contributed by atoms with E-state index in [-0.39, 0.29) is 5.92 Å².